The normalized spacial score (nSPS) is 11.0. The molecule has 114 valence electrons. The molecule has 2 aromatic heterocycles. The quantitative estimate of drug-likeness (QED) is 0.576. The van der Waals surface area contributed by atoms with Gasteiger partial charge in [-0.05, 0) is 30.3 Å². The van der Waals surface area contributed by atoms with Crippen molar-refractivity contribution in [2.75, 3.05) is 7.11 Å². The predicted octanol–water partition coefficient (Wildman–Crippen LogP) is 3.90. The Hall–Kier alpha value is -3.08. The molecule has 4 rings (SSSR count). The first-order valence-electron chi connectivity index (χ1n) is 7.29. The summed E-state index contributed by atoms with van der Waals surface area (Å²) in [4.78, 5) is 4.54. The van der Waals surface area contributed by atoms with Gasteiger partial charge in [-0.15, -0.1) is 0 Å². The smallest absolute Gasteiger partial charge is 0.260 e. The van der Waals surface area contributed by atoms with E-state index in [1.807, 2.05) is 49.6 Å². The molecule has 0 N–H and O–H groups in total. The summed E-state index contributed by atoms with van der Waals surface area (Å²) >= 11 is 0. The van der Waals surface area contributed by atoms with Crippen molar-refractivity contribution in [3.8, 4) is 28.6 Å². The van der Waals surface area contributed by atoms with Crippen molar-refractivity contribution in [2.24, 2.45) is 7.05 Å². The van der Waals surface area contributed by atoms with E-state index in [4.69, 9.17) is 9.26 Å². The molecular weight excluding hydrogens is 290 g/mol. The standard InChI is InChI=1S/C18H15N3O2/c1-21-11-15(14-5-3-4-6-16(14)21)18-19-17(20-23-18)12-7-9-13(22-2)10-8-12/h3-11H,1-2H3. The number of ether oxygens (including phenoxy) is 1. The van der Waals surface area contributed by atoms with E-state index in [1.54, 1.807) is 7.11 Å². The van der Waals surface area contributed by atoms with Crippen LogP contribution in [0.1, 0.15) is 0 Å². The van der Waals surface area contributed by atoms with E-state index in [0.717, 1.165) is 27.8 Å². The van der Waals surface area contributed by atoms with Crippen LogP contribution in [0, 0.1) is 0 Å². The minimum absolute atomic E-state index is 0.521. The molecule has 0 aliphatic rings. The van der Waals surface area contributed by atoms with Crippen LogP contribution in [0.2, 0.25) is 0 Å². The Morgan fingerprint density at radius 3 is 2.61 bits per heavy atom. The maximum atomic E-state index is 5.48. The van der Waals surface area contributed by atoms with Crippen LogP contribution in [0.15, 0.2) is 59.3 Å². The molecule has 0 saturated heterocycles. The van der Waals surface area contributed by atoms with Gasteiger partial charge in [0.1, 0.15) is 5.75 Å². The van der Waals surface area contributed by atoms with Crippen molar-refractivity contribution in [3.63, 3.8) is 0 Å². The summed E-state index contributed by atoms with van der Waals surface area (Å²) < 4.78 is 12.7. The third kappa shape index (κ3) is 2.26. The second-order valence-electron chi connectivity index (χ2n) is 5.32. The monoisotopic (exact) mass is 305 g/mol. The molecule has 4 aromatic rings. The van der Waals surface area contributed by atoms with Gasteiger partial charge in [0.25, 0.3) is 5.89 Å². The lowest BCUT2D eigenvalue weighted by atomic mass is 10.2. The molecule has 23 heavy (non-hydrogen) atoms. The van der Waals surface area contributed by atoms with Crippen molar-refractivity contribution in [1.82, 2.24) is 14.7 Å². The number of benzene rings is 2. The van der Waals surface area contributed by atoms with Gasteiger partial charge in [-0.25, -0.2) is 0 Å². The van der Waals surface area contributed by atoms with Crippen LogP contribution in [0.4, 0.5) is 0 Å². The number of nitrogens with zero attached hydrogens (tertiary/aromatic N) is 3. The molecule has 0 spiro atoms. The predicted molar refractivity (Wildman–Crippen MR) is 88.2 cm³/mol. The molecule has 0 bridgehead atoms. The minimum atomic E-state index is 0.521. The minimum Gasteiger partial charge on any atom is -0.497 e. The fourth-order valence-electron chi connectivity index (χ4n) is 2.70. The molecule has 0 saturated carbocycles. The summed E-state index contributed by atoms with van der Waals surface area (Å²) in [6.07, 6.45) is 2.01. The highest BCUT2D eigenvalue weighted by atomic mass is 16.5. The van der Waals surface area contributed by atoms with E-state index in [1.165, 1.54) is 0 Å². The highest BCUT2D eigenvalue weighted by molar-refractivity contribution is 5.94. The van der Waals surface area contributed by atoms with Gasteiger partial charge in [-0.1, -0.05) is 23.4 Å². The van der Waals surface area contributed by atoms with Gasteiger partial charge in [0, 0.05) is 29.7 Å². The number of rotatable bonds is 3. The summed E-state index contributed by atoms with van der Waals surface area (Å²) in [5.41, 5.74) is 2.96. The molecule has 0 aliphatic heterocycles. The van der Waals surface area contributed by atoms with E-state index in [2.05, 4.69) is 26.8 Å². The average Bonchev–Trinajstić information content (AvgIpc) is 3.21. The molecule has 2 aromatic carbocycles. The van der Waals surface area contributed by atoms with E-state index in [9.17, 15) is 0 Å². The van der Waals surface area contributed by atoms with Crippen LogP contribution >= 0.6 is 0 Å². The number of aromatic nitrogens is 3. The molecule has 0 aliphatic carbocycles. The van der Waals surface area contributed by atoms with Gasteiger partial charge < -0.3 is 13.8 Å². The van der Waals surface area contributed by atoms with Crippen LogP contribution in [0.3, 0.4) is 0 Å². The lowest BCUT2D eigenvalue weighted by molar-refractivity contribution is 0.415. The summed E-state index contributed by atoms with van der Waals surface area (Å²) in [6, 6.07) is 15.7. The van der Waals surface area contributed by atoms with Crippen molar-refractivity contribution < 1.29 is 9.26 Å². The Bertz CT molecular complexity index is 968. The Kier molecular flexibility index (Phi) is 3.12. The van der Waals surface area contributed by atoms with Crippen molar-refractivity contribution in [2.45, 2.75) is 0 Å². The van der Waals surface area contributed by atoms with Crippen LogP contribution in [0.25, 0.3) is 33.7 Å². The average molecular weight is 305 g/mol. The second kappa shape index (κ2) is 5.28. The largest absolute Gasteiger partial charge is 0.497 e. The first-order chi connectivity index (χ1) is 11.3. The van der Waals surface area contributed by atoms with Crippen LogP contribution < -0.4 is 4.74 Å². The first kappa shape index (κ1) is 13.6. The first-order valence-corrected chi connectivity index (χ1v) is 7.29. The van der Waals surface area contributed by atoms with Crippen LogP contribution in [-0.4, -0.2) is 21.8 Å². The second-order valence-corrected chi connectivity index (χ2v) is 5.32. The zero-order valence-electron chi connectivity index (χ0n) is 12.9. The number of aryl methyl sites for hydroxylation is 1. The molecule has 0 atom stereocenters. The fraction of sp³-hybridized carbons (Fsp3) is 0.111. The number of hydrogen-bond acceptors (Lipinski definition) is 4. The zero-order chi connectivity index (χ0) is 15.8. The molecule has 2 heterocycles. The third-order valence-electron chi connectivity index (χ3n) is 3.90. The number of para-hydroxylation sites is 1. The van der Waals surface area contributed by atoms with Gasteiger partial charge in [-0.2, -0.15) is 4.98 Å². The SMILES string of the molecule is COc1ccc(-c2noc(-c3cn(C)c4ccccc34)n2)cc1. The van der Waals surface area contributed by atoms with E-state index in [-0.39, 0.29) is 0 Å². The molecular formula is C18H15N3O2. The van der Waals surface area contributed by atoms with Gasteiger partial charge >= 0.3 is 0 Å². The Labute approximate surface area is 133 Å². The molecule has 0 radical (unpaired) electrons. The maximum Gasteiger partial charge on any atom is 0.260 e. The van der Waals surface area contributed by atoms with Gasteiger partial charge in [-0.3, -0.25) is 0 Å². The summed E-state index contributed by atoms with van der Waals surface area (Å²) in [5.74, 6) is 1.88. The highest BCUT2D eigenvalue weighted by Gasteiger charge is 2.15. The van der Waals surface area contributed by atoms with Gasteiger partial charge in [0.05, 0.1) is 12.7 Å². The van der Waals surface area contributed by atoms with E-state index in [0.29, 0.717) is 11.7 Å². The molecule has 5 heteroatoms. The molecule has 0 unspecified atom stereocenters. The van der Waals surface area contributed by atoms with Crippen LogP contribution in [-0.2, 0) is 7.05 Å². The number of methoxy groups -OCH3 is 1. The third-order valence-corrected chi connectivity index (χ3v) is 3.90. The lowest BCUT2D eigenvalue weighted by Gasteiger charge is -1.98. The van der Waals surface area contributed by atoms with E-state index >= 15 is 0 Å². The molecule has 0 amide bonds. The zero-order valence-corrected chi connectivity index (χ0v) is 12.9. The van der Waals surface area contributed by atoms with Crippen molar-refractivity contribution >= 4 is 10.9 Å². The van der Waals surface area contributed by atoms with Gasteiger partial charge in [0.2, 0.25) is 5.82 Å². The van der Waals surface area contributed by atoms with Crippen molar-refractivity contribution in [1.29, 1.82) is 0 Å². The summed E-state index contributed by atoms with van der Waals surface area (Å²) in [6.45, 7) is 0. The highest BCUT2D eigenvalue weighted by Crippen LogP contribution is 2.30. The number of hydrogen-bond donors (Lipinski definition) is 0. The lowest BCUT2D eigenvalue weighted by Crippen LogP contribution is -1.84. The molecule has 0 fully saturated rings. The topological polar surface area (TPSA) is 53.1 Å². The Balaban J connectivity index is 1.77. The summed E-state index contributed by atoms with van der Waals surface area (Å²) in [5, 5.41) is 5.20. The Morgan fingerprint density at radius 2 is 1.83 bits per heavy atom. The Morgan fingerprint density at radius 1 is 1.04 bits per heavy atom. The fourth-order valence-corrected chi connectivity index (χ4v) is 2.70. The maximum absolute atomic E-state index is 5.48. The summed E-state index contributed by atoms with van der Waals surface area (Å²) in [7, 11) is 3.65. The van der Waals surface area contributed by atoms with Crippen molar-refractivity contribution in [3.05, 3.63) is 54.7 Å². The van der Waals surface area contributed by atoms with Gasteiger partial charge in [0.15, 0.2) is 0 Å². The number of fused-ring (bicyclic) bond motifs is 1. The van der Waals surface area contributed by atoms with E-state index < -0.39 is 0 Å². The van der Waals surface area contributed by atoms with Crippen LogP contribution in [0.5, 0.6) is 5.75 Å². The molecule has 5 nitrogen and oxygen atoms in total.